The van der Waals surface area contributed by atoms with Crippen LogP contribution in [0.3, 0.4) is 0 Å². The molecule has 0 spiro atoms. The Morgan fingerprint density at radius 1 is 1.14 bits per heavy atom. The van der Waals surface area contributed by atoms with Crippen LogP contribution < -0.4 is 10.3 Å². The van der Waals surface area contributed by atoms with Gasteiger partial charge in [-0.25, -0.2) is 4.98 Å². The second-order valence-electron chi connectivity index (χ2n) is 6.26. The molecule has 0 saturated carbocycles. The van der Waals surface area contributed by atoms with Crippen molar-refractivity contribution in [1.82, 2.24) is 4.98 Å². The molecule has 0 fully saturated rings. The monoisotopic (exact) mass is 472 g/mol. The second kappa shape index (κ2) is 6.55. The molecule has 3 heterocycles. The normalized spacial score (nSPS) is 16.0. The van der Waals surface area contributed by atoms with Gasteiger partial charge in [0.15, 0.2) is 10.6 Å². The maximum Gasteiger partial charge on any atom is 0.297 e. The van der Waals surface area contributed by atoms with Crippen molar-refractivity contribution in [3.05, 3.63) is 90.6 Å². The number of hydrogen-bond donors (Lipinski definition) is 0. The quantitative estimate of drug-likeness (QED) is 0.390. The van der Waals surface area contributed by atoms with E-state index >= 15 is 0 Å². The van der Waals surface area contributed by atoms with E-state index in [0.29, 0.717) is 26.7 Å². The fourth-order valence-corrected chi connectivity index (χ4v) is 4.54. The van der Waals surface area contributed by atoms with E-state index in [1.807, 2.05) is 24.3 Å². The van der Waals surface area contributed by atoms with Gasteiger partial charge in [-0.3, -0.25) is 14.5 Å². The molecule has 1 atom stereocenters. The van der Waals surface area contributed by atoms with E-state index in [9.17, 15) is 9.59 Å². The Kier molecular flexibility index (Phi) is 4.12. The van der Waals surface area contributed by atoms with Crippen LogP contribution in [0.5, 0.6) is 0 Å². The number of aromatic nitrogens is 1. The molecule has 8 heteroatoms. The predicted molar refractivity (Wildman–Crippen MR) is 112 cm³/mol. The number of carbonyl (C=O) groups excluding carboxylic acids is 1. The maximum absolute atomic E-state index is 13.4. The predicted octanol–water partition coefficient (Wildman–Crippen LogP) is 5.42. The minimum Gasteiger partial charge on any atom is -0.450 e. The van der Waals surface area contributed by atoms with Crippen molar-refractivity contribution < 1.29 is 9.21 Å². The Morgan fingerprint density at radius 3 is 2.64 bits per heavy atom. The Labute approximate surface area is 176 Å². The van der Waals surface area contributed by atoms with Crippen molar-refractivity contribution in [2.75, 3.05) is 4.90 Å². The number of fused-ring (bicyclic) bond motifs is 2. The molecule has 0 bridgehead atoms. The number of anilines is 1. The first-order chi connectivity index (χ1) is 13.5. The average molecular weight is 474 g/mol. The van der Waals surface area contributed by atoms with Gasteiger partial charge in [-0.05, 0) is 35.9 Å². The van der Waals surface area contributed by atoms with Gasteiger partial charge in [0.05, 0.1) is 17.0 Å². The zero-order valence-corrected chi connectivity index (χ0v) is 17.2. The molecule has 28 heavy (non-hydrogen) atoms. The van der Waals surface area contributed by atoms with Crippen molar-refractivity contribution >= 4 is 60.9 Å². The van der Waals surface area contributed by atoms with E-state index in [0.717, 1.165) is 10.0 Å². The van der Waals surface area contributed by atoms with E-state index in [2.05, 4.69) is 20.9 Å². The van der Waals surface area contributed by atoms with Gasteiger partial charge in [0.1, 0.15) is 5.58 Å². The Balaban J connectivity index is 1.83. The first-order valence-corrected chi connectivity index (χ1v) is 10.3. The molecule has 0 radical (unpaired) electrons. The number of nitrogens with zero attached hydrogens (tertiary/aromatic N) is 2. The van der Waals surface area contributed by atoms with E-state index in [1.165, 1.54) is 16.2 Å². The molecule has 1 aliphatic rings. The Bertz CT molecular complexity index is 1290. The smallest absolute Gasteiger partial charge is 0.297 e. The Hall–Kier alpha value is -2.48. The van der Waals surface area contributed by atoms with Crippen LogP contribution in [0.4, 0.5) is 5.13 Å². The number of carbonyl (C=O) groups is 1. The molecule has 0 saturated heterocycles. The summed E-state index contributed by atoms with van der Waals surface area (Å²) < 4.78 is 6.78. The van der Waals surface area contributed by atoms with E-state index in [1.54, 1.807) is 29.8 Å². The lowest BCUT2D eigenvalue weighted by molar-refractivity contribution is 0.0971. The molecular weight excluding hydrogens is 464 g/mol. The average Bonchev–Trinajstić information content (AvgIpc) is 3.30. The van der Waals surface area contributed by atoms with Gasteiger partial charge in [-0.2, -0.15) is 0 Å². The number of halogens is 2. The third-order valence-corrected chi connectivity index (χ3v) is 6.18. The standard InChI is InChI=1S/C20H10BrClN2O3S/c21-11-3-1-10(2-4-11)16-15-17(25)13-9-12(22)5-6-14(13)27-18(15)19(26)24(16)20-23-7-8-28-20/h1-9,16H/t16-/m1/s1. The summed E-state index contributed by atoms with van der Waals surface area (Å²) in [5.74, 6) is -0.338. The van der Waals surface area contributed by atoms with Gasteiger partial charge in [0.2, 0.25) is 5.76 Å². The van der Waals surface area contributed by atoms with Crippen molar-refractivity contribution in [1.29, 1.82) is 0 Å². The number of amides is 1. The molecule has 2 aromatic carbocycles. The fraction of sp³-hybridized carbons (Fsp3) is 0.0500. The minimum absolute atomic E-state index is 0.0444. The zero-order chi connectivity index (χ0) is 19.4. The highest BCUT2D eigenvalue weighted by Crippen LogP contribution is 2.42. The molecule has 0 N–H and O–H groups in total. The maximum atomic E-state index is 13.4. The summed E-state index contributed by atoms with van der Waals surface area (Å²) in [7, 11) is 0. The number of benzene rings is 2. The zero-order valence-electron chi connectivity index (χ0n) is 14.1. The summed E-state index contributed by atoms with van der Waals surface area (Å²) in [6.45, 7) is 0. The molecule has 0 unspecified atom stereocenters. The van der Waals surface area contributed by atoms with Crippen LogP contribution in [-0.4, -0.2) is 10.9 Å². The molecule has 5 nitrogen and oxygen atoms in total. The largest absolute Gasteiger partial charge is 0.450 e. The van der Waals surface area contributed by atoms with Gasteiger partial charge in [-0.15, -0.1) is 11.3 Å². The van der Waals surface area contributed by atoms with E-state index in [4.69, 9.17) is 16.0 Å². The number of thiazole rings is 1. The SMILES string of the molecule is O=C1c2oc3ccc(Cl)cc3c(=O)c2[C@@H](c2ccc(Br)cc2)N1c1nccs1. The van der Waals surface area contributed by atoms with Gasteiger partial charge in [0.25, 0.3) is 5.91 Å². The number of rotatable bonds is 2. The molecule has 1 aliphatic heterocycles. The van der Waals surface area contributed by atoms with Crippen LogP contribution >= 0.6 is 38.9 Å². The highest BCUT2D eigenvalue weighted by atomic mass is 79.9. The topological polar surface area (TPSA) is 63.4 Å². The van der Waals surface area contributed by atoms with Crippen molar-refractivity contribution in [3.63, 3.8) is 0 Å². The molecular formula is C20H10BrClN2O3S. The molecule has 4 aromatic rings. The van der Waals surface area contributed by atoms with Crippen LogP contribution in [0.15, 0.2) is 67.7 Å². The minimum atomic E-state index is -0.624. The summed E-state index contributed by atoms with van der Waals surface area (Å²) in [6, 6.07) is 11.7. The molecule has 1 amide bonds. The van der Waals surface area contributed by atoms with E-state index in [-0.39, 0.29) is 17.1 Å². The first-order valence-electron chi connectivity index (χ1n) is 8.29. The first kappa shape index (κ1) is 17.6. The second-order valence-corrected chi connectivity index (χ2v) is 8.48. The van der Waals surface area contributed by atoms with Gasteiger partial charge in [0, 0.05) is 21.1 Å². The van der Waals surface area contributed by atoms with Crippen LogP contribution in [0.1, 0.15) is 27.7 Å². The van der Waals surface area contributed by atoms with Gasteiger partial charge >= 0.3 is 0 Å². The molecule has 0 aliphatic carbocycles. The highest BCUT2D eigenvalue weighted by Gasteiger charge is 2.44. The fourth-order valence-electron chi connectivity index (χ4n) is 3.44. The van der Waals surface area contributed by atoms with Crippen LogP contribution in [-0.2, 0) is 0 Å². The van der Waals surface area contributed by atoms with Gasteiger partial charge < -0.3 is 4.42 Å². The van der Waals surface area contributed by atoms with Crippen molar-refractivity contribution in [2.45, 2.75) is 6.04 Å². The summed E-state index contributed by atoms with van der Waals surface area (Å²) in [5, 5.41) is 3.07. The lowest BCUT2D eigenvalue weighted by Gasteiger charge is -2.22. The lowest BCUT2D eigenvalue weighted by atomic mass is 9.99. The molecule has 2 aromatic heterocycles. The van der Waals surface area contributed by atoms with Crippen LogP contribution in [0.2, 0.25) is 5.02 Å². The van der Waals surface area contributed by atoms with Crippen LogP contribution in [0.25, 0.3) is 11.0 Å². The Morgan fingerprint density at radius 2 is 1.93 bits per heavy atom. The summed E-state index contributed by atoms with van der Waals surface area (Å²) in [6.07, 6.45) is 1.63. The van der Waals surface area contributed by atoms with Gasteiger partial charge in [-0.1, -0.05) is 39.7 Å². The molecule has 138 valence electrons. The molecule has 5 rings (SSSR count). The third-order valence-electron chi connectivity index (χ3n) is 4.64. The van der Waals surface area contributed by atoms with E-state index < -0.39 is 6.04 Å². The third kappa shape index (κ3) is 2.62. The van der Waals surface area contributed by atoms with Crippen LogP contribution in [0, 0.1) is 0 Å². The summed E-state index contributed by atoms with van der Waals surface area (Å²) >= 11 is 10.8. The van der Waals surface area contributed by atoms with Crippen molar-refractivity contribution in [2.24, 2.45) is 0 Å². The van der Waals surface area contributed by atoms with Crippen molar-refractivity contribution in [3.8, 4) is 0 Å². The lowest BCUT2D eigenvalue weighted by Crippen LogP contribution is -2.29. The summed E-state index contributed by atoms with van der Waals surface area (Å²) in [5.41, 5.74) is 1.16. The highest BCUT2D eigenvalue weighted by molar-refractivity contribution is 9.10. The number of hydrogen-bond acceptors (Lipinski definition) is 5. The summed E-state index contributed by atoms with van der Waals surface area (Å²) in [4.78, 5) is 32.4.